The van der Waals surface area contributed by atoms with Gasteiger partial charge in [0.05, 0.1) is 43.3 Å². The van der Waals surface area contributed by atoms with E-state index in [1.54, 1.807) is 31.3 Å². The van der Waals surface area contributed by atoms with Crippen molar-refractivity contribution in [3.63, 3.8) is 0 Å². The van der Waals surface area contributed by atoms with Crippen LogP contribution in [0.15, 0.2) is 55.0 Å². The summed E-state index contributed by atoms with van der Waals surface area (Å²) in [6.45, 7) is 3.76. The van der Waals surface area contributed by atoms with Crippen molar-refractivity contribution in [3.05, 3.63) is 55.0 Å². The Balaban J connectivity index is 1.51. The second kappa shape index (κ2) is 10.5. The molecule has 2 aromatic heterocycles. The van der Waals surface area contributed by atoms with E-state index < -0.39 is 0 Å². The number of fused-ring (bicyclic) bond motifs is 1. The van der Waals surface area contributed by atoms with Crippen LogP contribution in [-0.4, -0.2) is 71.1 Å². The van der Waals surface area contributed by atoms with Gasteiger partial charge in [-0.1, -0.05) is 0 Å². The van der Waals surface area contributed by atoms with E-state index in [1.807, 2.05) is 37.5 Å². The summed E-state index contributed by atoms with van der Waals surface area (Å²) in [6, 6.07) is 12.5. The van der Waals surface area contributed by atoms with E-state index >= 15 is 0 Å². The van der Waals surface area contributed by atoms with Crippen LogP contribution in [0.3, 0.4) is 0 Å². The molecule has 5 rings (SSSR count). The van der Waals surface area contributed by atoms with Crippen LogP contribution < -0.4 is 20.1 Å². The van der Waals surface area contributed by atoms with Gasteiger partial charge in [-0.15, -0.1) is 0 Å². The number of ether oxygens (including phenoxy) is 2. The molecule has 0 bridgehead atoms. The predicted molar refractivity (Wildman–Crippen MR) is 142 cm³/mol. The van der Waals surface area contributed by atoms with Crippen LogP contribution in [-0.2, 0) is 7.05 Å². The summed E-state index contributed by atoms with van der Waals surface area (Å²) >= 11 is 0. The number of piperidine rings is 1. The van der Waals surface area contributed by atoms with Crippen molar-refractivity contribution in [2.75, 3.05) is 45.3 Å². The van der Waals surface area contributed by atoms with Crippen LogP contribution in [0.4, 0.5) is 11.4 Å². The molecule has 9 nitrogen and oxygen atoms in total. The lowest BCUT2D eigenvalue weighted by atomic mass is 10.1. The highest BCUT2D eigenvalue weighted by Gasteiger charge is 2.19. The lowest BCUT2D eigenvalue weighted by Gasteiger charge is -2.33. The van der Waals surface area contributed by atoms with Gasteiger partial charge in [0.2, 0.25) is 0 Å². The molecule has 0 radical (unpaired) electrons. The Morgan fingerprint density at radius 1 is 0.972 bits per heavy atom. The van der Waals surface area contributed by atoms with E-state index in [2.05, 4.69) is 32.0 Å². The number of benzene rings is 2. The van der Waals surface area contributed by atoms with E-state index in [-0.39, 0.29) is 0 Å². The highest BCUT2D eigenvalue weighted by Crippen LogP contribution is 2.34. The minimum absolute atomic E-state index is 0.313. The molecule has 1 aliphatic heterocycles. The average molecular weight is 488 g/mol. The summed E-state index contributed by atoms with van der Waals surface area (Å²) in [4.78, 5) is 14.3. The molecule has 36 heavy (non-hydrogen) atoms. The van der Waals surface area contributed by atoms with Crippen molar-refractivity contribution in [2.24, 2.45) is 12.8 Å². The SMILES string of the molecule is COc1cc(OC)cc(N(CCN2CCC(N)CC2)c2ccc3ncc(-c4cnn(C)c4)nc3c2)c1. The number of rotatable bonds is 8. The van der Waals surface area contributed by atoms with Crippen molar-refractivity contribution >= 4 is 22.4 Å². The first kappa shape index (κ1) is 24.0. The summed E-state index contributed by atoms with van der Waals surface area (Å²) < 4.78 is 12.9. The van der Waals surface area contributed by atoms with Gasteiger partial charge in [0.25, 0.3) is 0 Å². The maximum Gasteiger partial charge on any atom is 0.124 e. The van der Waals surface area contributed by atoms with Gasteiger partial charge in [-0.3, -0.25) is 9.67 Å². The number of hydrogen-bond donors (Lipinski definition) is 1. The van der Waals surface area contributed by atoms with Crippen LogP contribution in [0.2, 0.25) is 0 Å². The van der Waals surface area contributed by atoms with E-state index in [1.165, 1.54) is 0 Å². The van der Waals surface area contributed by atoms with Gasteiger partial charge >= 0.3 is 0 Å². The summed E-state index contributed by atoms with van der Waals surface area (Å²) in [5, 5.41) is 4.27. The fraction of sp³-hybridized carbons (Fsp3) is 0.370. The first-order valence-electron chi connectivity index (χ1n) is 12.3. The Kier molecular flexibility index (Phi) is 7.02. The first-order chi connectivity index (χ1) is 17.5. The maximum absolute atomic E-state index is 6.12. The number of aryl methyl sites for hydroxylation is 1. The van der Waals surface area contributed by atoms with Crippen LogP contribution in [0.1, 0.15) is 12.8 Å². The Hall–Kier alpha value is -3.69. The molecule has 0 atom stereocenters. The molecule has 4 aromatic rings. The molecule has 2 N–H and O–H groups in total. The minimum Gasteiger partial charge on any atom is -0.497 e. The number of hydrogen-bond acceptors (Lipinski definition) is 8. The Morgan fingerprint density at radius 3 is 2.39 bits per heavy atom. The fourth-order valence-electron chi connectivity index (χ4n) is 4.63. The summed E-state index contributed by atoms with van der Waals surface area (Å²) in [5.41, 5.74) is 11.6. The molecule has 0 amide bonds. The maximum atomic E-state index is 6.12. The van der Waals surface area contributed by atoms with Gasteiger partial charge in [0, 0.05) is 67.5 Å². The van der Waals surface area contributed by atoms with Crippen LogP contribution >= 0.6 is 0 Å². The van der Waals surface area contributed by atoms with Gasteiger partial charge in [-0.2, -0.15) is 5.10 Å². The molecule has 0 unspecified atom stereocenters. The molecular formula is C27H33N7O2. The lowest BCUT2D eigenvalue weighted by molar-refractivity contribution is 0.218. The van der Waals surface area contributed by atoms with E-state index in [9.17, 15) is 0 Å². The number of methoxy groups -OCH3 is 2. The van der Waals surface area contributed by atoms with Gasteiger partial charge in [-0.05, 0) is 44.1 Å². The van der Waals surface area contributed by atoms with E-state index in [4.69, 9.17) is 20.2 Å². The van der Waals surface area contributed by atoms with Crippen molar-refractivity contribution in [2.45, 2.75) is 18.9 Å². The second-order valence-electron chi connectivity index (χ2n) is 9.23. The van der Waals surface area contributed by atoms with Crippen molar-refractivity contribution < 1.29 is 9.47 Å². The molecule has 0 saturated carbocycles. The summed E-state index contributed by atoms with van der Waals surface area (Å²) in [7, 11) is 5.24. The van der Waals surface area contributed by atoms with Crippen molar-refractivity contribution in [1.29, 1.82) is 0 Å². The quantitative estimate of drug-likeness (QED) is 0.403. The van der Waals surface area contributed by atoms with E-state index in [0.29, 0.717) is 6.04 Å². The zero-order chi connectivity index (χ0) is 25.1. The van der Waals surface area contributed by atoms with E-state index in [0.717, 1.165) is 84.2 Å². The molecule has 0 spiro atoms. The number of anilines is 2. The normalized spacial score (nSPS) is 14.8. The molecule has 0 aliphatic carbocycles. The van der Waals surface area contributed by atoms with Crippen LogP contribution in [0.5, 0.6) is 11.5 Å². The molecule has 3 heterocycles. The monoisotopic (exact) mass is 487 g/mol. The number of likely N-dealkylation sites (tertiary alicyclic amines) is 1. The van der Waals surface area contributed by atoms with Crippen LogP contribution in [0, 0.1) is 0 Å². The Labute approximate surface area is 211 Å². The van der Waals surface area contributed by atoms with Gasteiger partial charge in [-0.25, -0.2) is 4.98 Å². The fourth-order valence-corrected chi connectivity index (χ4v) is 4.63. The Bertz CT molecular complexity index is 1310. The molecule has 2 aromatic carbocycles. The molecule has 9 heteroatoms. The summed E-state index contributed by atoms with van der Waals surface area (Å²) in [6.07, 6.45) is 7.62. The zero-order valence-electron chi connectivity index (χ0n) is 21.1. The highest BCUT2D eigenvalue weighted by molar-refractivity contribution is 5.82. The lowest BCUT2D eigenvalue weighted by Crippen LogP contribution is -2.42. The number of aromatic nitrogens is 4. The van der Waals surface area contributed by atoms with Crippen molar-refractivity contribution in [3.8, 4) is 22.8 Å². The zero-order valence-corrected chi connectivity index (χ0v) is 21.1. The number of nitrogens with zero attached hydrogens (tertiary/aromatic N) is 6. The van der Waals surface area contributed by atoms with Gasteiger partial charge in [0.1, 0.15) is 11.5 Å². The standard InChI is InChI=1S/C27H33N7O2/c1-32-18-19(16-30-32)27-17-29-25-5-4-21(14-26(25)31-27)34(11-10-33-8-6-20(28)7-9-33)22-12-23(35-2)15-24(13-22)36-3/h4-5,12-18,20H,6-11,28H2,1-3H3. The molecule has 1 saturated heterocycles. The smallest absolute Gasteiger partial charge is 0.124 e. The van der Waals surface area contributed by atoms with Crippen LogP contribution in [0.25, 0.3) is 22.3 Å². The minimum atomic E-state index is 0.313. The average Bonchev–Trinajstić information content (AvgIpc) is 3.35. The molecular weight excluding hydrogens is 454 g/mol. The topological polar surface area (TPSA) is 94.6 Å². The van der Waals surface area contributed by atoms with Crippen molar-refractivity contribution in [1.82, 2.24) is 24.6 Å². The third-order valence-electron chi connectivity index (χ3n) is 6.76. The molecule has 188 valence electrons. The largest absolute Gasteiger partial charge is 0.497 e. The molecule has 1 aliphatic rings. The number of nitrogens with two attached hydrogens (primary N) is 1. The molecule has 1 fully saturated rings. The predicted octanol–water partition coefficient (Wildman–Crippen LogP) is 3.61. The Morgan fingerprint density at radius 2 is 1.72 bits per heavy atom. The third kappa shape index (κ3) is 5.27. The highest BCUT2D eigenvalue weighted by atomic mass is 16.5. The first-order valence-corrected chi connectivity index (χ1v) is 12.3. The van der Waals surface area contributed by atoms with Gasteiger partial charge in [0.15, 0.2) is 0 Å². The van der Waals surface area contributed by atoms with Gasteiger partial charge < -0.3 is 25.0 Å². The summed E-state index contributed by atoms with van der Waals surface area (Å²) in [5.74, 6) is 1.50. The third-order valence-corrected chi connectivity index (χ3v) is 6.76. The second-order valence-corrected chi connectivity index (χ2v) is 9.23.